The Hall–Kier alpha value is -2.70. The molecule has 0 saturated carbocycles. The van der Waals surface area contributed by atoms with Gasteiger partial charge in [-0.1, -0.05) is 41.4 Å². The Kier molecular flexibility index (Phi) is 6.90. The van der Waals surface area contributed by atoms with E-state index < -0.39 is 12.0 Å². The quantitative estimate of drug-likeness (QED) is 0.598. The van der Waals surface area contributed by atoms with Gasteiger partial charge in [0.1, 0.15) is 12.4 Å². The van der Waals surface area contributed by atoms with Crippen LogP contribution in [0.5, 0.6) is 5.75 Å². The van der Waals surface area contributed by atoms with E-state index in [0.29, 0.717) is 27.1 Å². The number of nitrogens with one attached hydrogen (secondary N) is 2. The predicted molar refractivity (Wildman–Crippen MR) is 116 cm³/mol. The minimum atomic E-state index is -0.621. The molecule has 2 N–H and O–H groups in total. The second kappa shape index (κ2) is 9.41. The van der Waals surface area contributed by atoms with Crippen LogP contribution in [-0.4, -0.2) is 18.1 Å². The molecular formula is C22H22Cl2N2O4. The molecule has 1 heterocycles. The molecule has 2 amide bonds. The van der Waals surface area contributed by atoms with Gasteiger partial charge in [0, 0.05) is 21.3 Å². The van der Waals surface area contributed by atoms with Crippen molar-refractivity contribution in [3.05, 3.63) is 74.9 Å². The topological polar surface area (TPSA) is 76.7 Å². The molecule has 2 aromatic rings. The summed E-state index contributed by atoms with van der Waals surface area (Å²) in [4.78, 5) is 24.5. The van der Waals surface area contributed by atoms with Crippen molar-refractivity contribution in [2.24, 2.45) is 0 Å². The van der Waals surface area contributed by atoms with Gasteiger partial charge in [-0.3, -0.25) is 0 Å². The zero-order chi connectivity index (χ0) is 21.8. The van der Waals surface area contributed by atoms with Crippen LogP contribution in [0, 0.1) is 0 Å². The number of rotatable bonds is 6. The second-order valence-electron chi connectivity index (χ2n) is 7.12. The largest absolute Gasteiger partial charge is 0.489 e. The summed E-state index contributed by atoms with van der Waals surface area (Å²) in [6.45, 7) is 5.51. The number of allylic oxidation sites excluding steroid dienone is 1. The smallest absolute Gasteiger partial charge is 0.338 e. The van der Waals surface area contributed by atoms with E-state index in [4.69, 9.17) is 32.7 Å². The Morgan fingerprint density at radius 3 is 2.47 bits per heavy atom. The zero-order valence-electron chi connectivity index (χ0n) is 16.8. The summed E-state index contributed by atoms with van der Waals surface area (Å²) >= 11 is 12.1. The molecule has 0 aliphatic carbocycles. The number of hydrogen-bond acceptors (Lipinski definition) is 4. The van der Waals surface area contributed by atoms with E-state index >= 15 is 0 Å². The average Bonchev–Trinajstić information content (AvgIpc) is 2.66. The monoisotopic (exact) mass is 448 g/mol. The maximum Gasteiger partial charge on any atom is 0.338 e. The van der Waals surface area contributed by atoms with Crippen LogP contribution in [-0.2, 0) is 16.1 Å². The van der Waals surface area contributed by atoms with Crippen LogP contribution < -0.4 is 15.4 Å². The fraction of sp³-hybridized carbons (Fsp3) is 0.273. The van der Waals surface area contributed by atoms with Gasteiger partial charge in [0.25, 0.3) is 0 Å². The van der Waals surface area contributed by atoms with E-state index in [9.17, 15) is 9.59 Å². The molecule has 30 heavy (non-hydrogen) atoms. The molecule has 3 rings (SSSR count). The lowest BCUT2D eigenvalue weighted by molar-refractivity contribution is -0.143. The average molecular weight is 449 g/mol. The lowest BCUT2D eigenvalue weighted by atomic mass is 9.95. The first-order chi connectivity index (χ1) is 14.2. The molecular weight excluding hydrogens is 427 g/mol. The summed E-state index contributed by atoms with van der Waals surface area (Å²) in [7, 11) is 0. The molecule has 8 heteroatoms. The Bertz CT molecular complexity index is 987. The number of halogens is 2. The second-order valence-corrected chi connectivity index (χ2v) is 7.96. The van der Waals surface area contributed by atoms with Crippen LogP contribution in [0.3, 0.4) is 0 Å². The number of ether oxygens (including phenoxy) is 2. The lowest BCUT2D eigenvalue weighted by Crippen LogP contribution is -2.45. The highest BCUT2D eigenvalue weighted by Crippen LogP contribution is 2.29. The van der Waals surface area contributed by atoms with E-state index in [0.717, 1.165) is 11.1 Å². The maximum atomic E-state index is 12.6. The summed E-state index contributed by atoms with van der Waals surface area (Å²) in [6, 6.07) is 11.4. The van der Waals surface area contributed by atoms with Gasteiger partial charge in [-0.2, -0.15) is 0 Å². The third-order valence-corrected chi connectivity index (χ3v) is 5.04. The minimum absolute atomic E-state index is 0.272. The van der Waals surface area contributed by atoms with E-state index in [1.54, 1.807) is 57.2 Å². The Balaban J connectivity index is 1.77. The summed E-state index contributed by atoms with van der Waals surface area (Å²) in [5.74, 6) is 0.148. The Labute approximate surface area is 185 Å². The summed E-state index contributed by atoms with van der Waals surface area (Å²) in [6.07, 6.45) is -0.272. The highest BCUT2D eigenvalue weighted by molar-refractivity contribution is 6.35. The predicted octanol–water partition coefficient (Wildman–Crippen LogP) is 5.15. The maximum absolute atomic E-state index is 12.6. The molecule has 1 aliphatic heterocycles. The van der Waals surface area contributed by atoms with Gasteiger partial charge in [0.15, 0.2) is 0 Å². The molecule has 0 saturated heterocycles. The van der Waals surface area contributed by atoms with Crippen molar-refractivity contribution in [3.8, 4) is 5.75 Å². The first-order valence-electron chi connectivity index (χ1n) is 9.40. The molecule has 1 atom stereocenters. The highest BCUT2D eigenvalue weighted by Gasteiger charge is 2.32. The zero-order valence-corrected chi connectivity index (χ0v) is 18.3. The van der Waals surface area contributed by atoms with E-state index in [2.05, 4.69) is 10.6 Å². The number of esters is 1. The van der Waals surface area contributed by atoms with Crippen LogP contribution in [0.2, 0.25) is 10.0 Å². The van der Waals surface area contributed by atoms with Crippen LogP contribution in [0.4, 0.5) is 4.79 Å². The number of hydrogen-bond donors (Lipinski definition) is 2. The number of urea groups is 1. The molecule has 2 aromatic carbocycles. The number of carbonyl (C=O) groups is 2. The van der Waals surface area contributed by atoms with E-state index in [1.807, 2.05) is 6.07 Å². The number of amides is 2. The van der Waals surface area contributed by atoms with Gasteiger partial charge in [-0.15, -0.1) is 0 Å². The van der Waals surface area contributed by atoms with Crippen molar-refractivity contribution in [2.45, 2.75) is 39.5 Å². The molecule has 0 spiro atoms. The fourth-order valence-corrected chi connectivity index (χ4v) is 3.51. The van der Waals surface area contributed by atoms with Crippen molar-refractivity contribution in [1.29, 1.82) is 0 Å². The normalized spacial score (nSPS) is 16.2. The first kappa shape index (κ1) is 22.0. The molecule has 0 bridgehead atoms. The van der Waals surface area contributed by atoms with Gasteiger partial charge >= 0.3 is 12.0 Å². The van der Waals surface area contributed by atoms with Crippen molar-refractivity contribution in [1.82, 2.24) is 10.6 Å². The van der Waals surface area contributed by atoms with Crippen LogP contribution in [0.1, 0.15) is 37.9 Å². The van der Waals surface area contributed by atoms with Crippen LogP contribution in [0.15, 0.2) is 53.7 Å². The van der Waals surface area contributed by atoms with Gasteiger partial charge in [0.05, 0.1) is 17.7 Å². The molecule has 1 unspecified atom stereocenters. The first-order valence-corrected chi connectivity index (χ1v) is 10.2. The van der Waals surface area contributed by atoms with Gasteiger partial charge in [-0.25, -0.2) is 9.59 Å². The minimum Gasteiger partial charge on any atom is -0.489 e. The van der Waals surface area contributed by atoms with Crippen LogP contribution in [0.25, 0.3) is 0 Å². The fourth-order valence-electron chi connectivity index (χ4n) is 3.05. The standard InChI is InChI=1S/C22H22Cl2N2O4/c1-12(2)30-21(27)19-13(3)25-22(28)26-20(19)14-5-8-17(9-6-14)29-11-15-4-7-16(23)10-18(15)24/h4-10,12,20H,11H2,1-3H3,(H2,25,26,28). The van der Waals surface area contributed by atoms with Gasteiger partial charge in [0.2, 0.25) is 0 Å². The van der Waals surface area contributed by atoms with Crippen molar-refractivity contribution in [3.63, 3.8) is 0 Å². The van der Waals surface area contributed by atoms with E-state index in [1.165, 1.54) is 0 Å². The van der Waals surface area contributed by atoms with Crippen molar-refractivity contribution < 1.29 is 19.1 Å². The molecule has 158 valence electrons. The number of carbonyl (C=O) groups excluding carboxylic acids is 2. The molecule has 0 aromatic heterocycles. The summed E-state index contributed by atoms with van der Waals surface area (Å²) < 4.78 is 11.1. The Morgan fingerprint density at radius 2 is 1.83 bits per heavy atom. The third kappa shape index (κ3) is 5.26. The summed E-state index contributed by atoms with van der Waals surface area (Å²) in [5, 5.41) is 6.50. The molecule has 6 nitrogen and oxygen atoms in total. The van der Waals surface area contributed by atoms with Crippen LogP contribution >= 0.6 is 23.2 Å². The Morgan fingerprint density at radius 1 is 1.13 bits per heavy atom. The van der Waals surface area contributed by atoms with Gasteiger partial charge in [-0.05, 0) is 50.6 Å². The van der Waals surface area contributed by atoms with E-state index in [-0.39, 0.29) is 18.7 Å². The molecule has 1 aliphatic rings. The summed E-state index contributed by atoms with van der Waals surface area (Å²) in [5.41, 5.74) is 2.38. The number of benzene rings is 2. The highest BCUT2D eigenvalue weighted by atomic mass is 35.5. The van der Waals surface area contributed by atoms with Crippen molar-refractivity contribution in [2.75, 3.05) is 0 Å². The van der Waals surface area contributed by atoms with Gasteiger partial charge < -0.3 is 20.1 Å². The molecule has 0 radical (unpaired) electrons. The third-order valence-electron chi connectivity index (χ3n) is 4.45. The SMILES string of the molecule is CC1=C(C(=O)OC(C)C)C(c2ccc(OCc3ccc(Cl)cc3Cl)cc2)NC(=O)N1. The lowest BCUT2D eigenvalue weighted by Gasteiger charge is -2.28. The van der Waals surface area contributed by atoms with Crippen molar-refractivity contribution >= 4 is 35.2 Å². The molecule has 0 fully saturated rings.